The third-order valence-electron chi connectivity index (χ3n) is 4.24. The summed E-state index contributed by atoms with van der Waals surface area (Å²) in [7, 11) is 2.25. The number of hydrogen-bond acceptors (Lipinski definition) is 2. The Morgan fingerprint density at radius 3 is 2.43 bits per heavy atom. The summed E-state index contributed by atoms with van der Waals surface area (Å²) in [5.74, 6) is 2.09. The first-order valence-electron chi connectivity index (χ1n) is 6.27. The van der Waals surface area contributed by atoms with Crippen molar-refractivity contribution in [3.8, 4) is 0 Å². The van der Waals surface area contributed by atoms with Gasteiger partial charge in [0, 0.05) is 12.1 Å². The summed E-state index contributed by atoms with van der Waals surface area (Å²) in [6, 6.07) is 1.83. The van der Waals surface area contributed by atoms with Crippen LogP contribution in [0.15, 0.2) is 0 Å². The Bertz CT molecular complexity index is 204. The SMILES string of the molecule is CN1CCC(C2CC2NC2CC2)CC1. The van der Waals surface area contributed by atoms with Gasteiger partial charge in [-0.15, -0.1) is 0 Å². The second kappa shape index (κ2) is 3.49. The average Bonchev–Trinajstić information content (AvgIpc) is 3.05. The van der Waals surface area contributed by atoms with Gasteiger partial charge in [-0.05, 0) is 64.1 Å². The summed E-state index contributed by atoms with van der Waals surface area (Å²) < 4.78 is 0. The molecule has 2 aliphatic carbocycles. The number of piperidine rings is 1. The molecule has 3 aliphatic rings. The molecular weight excluding hydrogens is 172 g/mol. The molecule has 0 aromatic heterocycles. The Kier molecular flexibility index (Phi) is 2.29. The van der Waals surface area contributed by atoms with Gasteiger partial charge < -0.3 is 10.2 Å². The summed E-state index contributed by atoms with van der Waals surface area (Å²) in [6.45, 7) is 2.66. The Balaban J connectivity index is 1.43. The van der Waals surface area contributed by atoms with Crippen molar-refractivity contribution in [2.75, 3.05) is 20.1 Å². The largest absolute Gasteiger partial charge is 0.311 e. The Labute approximate surface area is 87.0 Å². The average molecular weight is 194 g/mol. The fourth-order valence-electron chi connectivity index (χ4n) is 2.94. The maximum atomic E-state index is 3.77. The van der Waals surface area contributed by atoms with Crippen LogP contribution in [0.2, 0.25) is 0 Å². The first-order chi connectivity index (χ1) is 6.83. The van der Waals surface area contributed by atoms with Gasteiger partial charge in [-0.2, -0.15) is 0 Å². The van der Waals surface area contributed by atoms with Crippen LogP contribution in [-0.4, -0.2) is 37.1 Å². The second-order valence-corrected chi connectivity index (χ2v) is 5.59. The van der Waals surface area contributed by atoms with Crippen molar-refractivity contribution < 1.29 is 0 Å². The molecule has 1 aliphatic heterocycles. The fourth-order valence-corrected chi connectivity index (χ4v) is 2.94. The fraction of sp³-hybridized carbons (Fsp3) is 1.00. The Morgan fingerprint density at radius 1 is 1.07 bits per heavy atom. The van der Waals surface area contributed by atoms with Crippen LogP contribution in [0.4, 0.5) is 0 Å². The molecule has 2 heteroatoms. The highest BCUT2D eigenvalue weighted by Crippen LogP contribution is 2.43. The lowest BCUT2D eigenvalue weighted by atomic mass is 9.92. The predicted octanol–water partition coefficient (Wildman–Crippen LogP) is 1.47. The minimum atomic E-state index is 0.913. The highest BCUT2D eigenvalue weighted by Gasteiger charge is 2.45. The maximum absolute atomic E-state index is 3.77. The quantitative estimate of drug-likeness (QED) is 0.732. The molecular formula is C12H22N2. The Hall–Kier alpha value is -0.0800. The molecule has 2 saturated carbocycles. The van der Waals surface area contributed by atoms with Gasteiger partial charge in [0.15, 0.2) is 0 Å². The maximum Gasteiger partial charge on any atom is 0.0104 e. The zero-order valence-corrected chi connectivity index (χ0v) is 9.21. The number of rotatable bonds is 3. The van der Waals surface area contributed by atoms with E-state index in [-0.39, 0.29) is 0 Å². The van der Waals surface area contributed by atoms with Gasteiger partial charge in [-0.25, -0.2) is 0 Å². The van der Waals surface area contributed by atoms with E-state index in [1.807, 2.05) is 0 Å². The molecule has 1 heterocycles. The lowest BCUT2D eigenvalue weighted by Gasteiger charge is -2.29. The third kappa shape index (κ3) is 1.96. The lowest BCUT2D eigenvalue weighted by Crippen LogP contribution is -2.32. The van der Waals surface area contributed by atoms with Gasteiger partial charge >= 0.3 is 0 Å². The van der Waals surface area contributed by atoms with E-state index in [1.165, 1.54) is 45.2 Å². The lowest BCUT2D eigenvalue weighted by molar-refractivity contribution is 0.201. The van der Waals surface area contributed by atoms with Crippen LogP contribution in [0.3, 0.4) is 0 Å². The van der Waals surface area contributed by atoms with Gasteiger partial charge in [0.05, 0.1) is 0 Å². The molecule has 0 amide bonds. The molecule has 0 spiro atoms. The normalized spacial score (nSPS) is 40.1. The van der Waals surface area contributed by atoms with Crippen molar-refractivity contribution in [1.82, 2.24) is 10.2 Å². The third-order valence-corrected chi connectivity index (χ3v) is 4.24. The van der Waals surface area contributed by atoms with E-state index >= 15 is 0 Å². The number of hydrogen-bond donors (Lipinski definition) is 1. The monoisotopic (exact) mass is 194 g/mol. The number of nitrogens with zero attached hydrogens (tertiary/aromatic N) is 1. The van der Waals surface area contributed by atoms with E-state index in [2.05, 4.69) is 17.3 Å². The van der Waals surface area contributed by atoms with Crippen molar-refractivity contribution in [1.29, 1.82) is 0 Å². The molecule has 14 heavy (non-hydrogen) atoms. The van der Waals surface area contributed by atoms with E-state index < -0.39 is 0 Å². The van der Waals surface area contributed by atoms with Gasteiger partial charge in [-0.1, -0.05) is 0 Å². The van der Waals surface area contributed by atoms with Crippen LogP contribution in [0.1, 0.15) is 32.1 Å². The molecule has 80 valence electrons. The molecule has 0 radical (unpaired) electrons. The van der Waals surface area contributed by atoms with E-state index in [1.54, 1.807) is 0 Å². The van der Waals surface area contributed by atoms with Crippen molar-refractivity contribution in [2.24, 2.45) is 11.8 Å². The molecule has 1 N–H and O–H groups in total. The van der Waals surface area contributed by atoms with E-state index in [0.717, 1.165) is 23.9 Å². The van der Waals surface area contributed by atoms with Crippen molar-refractivity contribution in [3.63, 3.8) is 0 Å². The molecule has 2 atom stereocenters. The molecule has 2 nitrogen and oxygen atoms in total. The zero-order valence-electron chi connectivity index (χ0n) is 9.21. The molecule has 0 bridgehead atoms. The smallest absolute Gasteiger partial charge is 0.0104 e. The van der Waals surface area contributed by atoms with Crippen LogP contribution in [0.25, 0.3) is 0 Å². The van der Waals surface area contributed by atoms with Crippen LogP contribution in [0.5, 0.6) is 0 Å². The van der Waals surface area contributed by atoms with Crippen molar-refractivity contribution in [2.45, 2.75) is 44.2 Å². The van der Waals surface area contributed by atoms with Crippen LogP contribution >= 0.6 is 0 Å². The number of likely N-dealkylation sites (tertiary alicyclic amines) is 1. The summed E-state index contributed by atoms with van der Waals surface area (Å²) >= 11 is 0. The van der Waals surface area contributed by atoms with Crippen molar-refractivity contribution >= 4 is 0 Å². The minimum Gasteiger partial charge on any atom is -0.311 e. The summed E-state index contributed by atoms with van der Waals surface area (Å²) in [5, 5.41) is 3.77. The zero-order chi connectivity index (χ0) is 9.54. The minimum absolute atomic E-state index is 0.913. The molecule has 2 unspecified atom stereocenters. The molecule has 3 rings (SSSR count). The van der Waals surface area contributed by atoms with E-state index in [0.29, 0.717) is 0 Å². The Morgan fingerprint density at radius 2 is 1.79 bits per heavy atom. The number of nitrogens with one attached hydrogen (secondary N) is 1. The van der Waals surface area contributed by atoms with Gasteiger partial charge in [0.1, 0.15) is 0 Å². The summed E-state index contributed by atoms with van der Waals surface area (Å²) in [5.41, 5.74) is 0. The first kappa shape index (κ1) is 9.17. The summed E-state index contributed by atoms with van der Waals surface area (Å²) in [4.78, 5) is 2.47. The van der Waals surface area contributed by atoms with E-state index in [4.69, 9.17) is 0 Å². The van der Waals surface area contributed by atoms with Gasteiger partial charge in [0.2, 0.25) is 0 Å². The van der Waals surface area contributed by atoms with Crippen LogP contribution in [-0.2, 0) is 0 Å². The second-order valence-electron chi connectivity index (χ2n) is 5.59. The van der Waals surface area contributed by atoms with Gasteiger partial charge in [-0.3, -0.25) is 0 Å². The predicted molar refractivity (Wildman–Crippen MR) is 58.3 cm³/mol. The van der Waals surface area contributed by atoms with Crippen LogP contribution in [0, 0.1) is 11.8 Å². The van der Waals surface area contributed by atoms with Gasteiger partial charge in [0.25, 0.3) is 0 Å². The highest BCUT2D eigenvalue weighted by molar-refractivity contribution is 5.01. The van der Waals surface area contributed by atoms with Crippen molar-refractivity contribution in [3.05, 3.63) is 0 Å². The topological polar surface area (TPSA) is 15.3 Å². The molecule has 0 aromatic carbocycles. The molecule has 1 saturated heterocycles. The molecule has 0 aromatic rings. The highest BCUT2D eigenvalue weighted by atomic mass is 15.1. The summed E-state index contributed by atoms with van der Waals surface area (Å²) in [6.07, 6.45) is 7.26. The molecule has 3 fully saturated rings. The van der Waals surface area contributed by atoms with E-state index in [9.17, 15) is 0 Å². The van der Waals surface area contributed by atoms with Crippen LogP contribution < -0.4 is 5.32 Å². The first-order valence-corrected chi connectivity index (χ1v) is 6.27. The standard InChI is InChI=1S/C12H22N2/c1-14-6-4-9(5-7-14)11-8-12(11)13-10-2-3-10/h9-13H,2-8H2,1H3.